The summed E-state index contributed by atoms with van der Waals surface area (Å²) in [5.74, 6) is 0. The third-order valence-electron chi connectivity index (χ3n) is 4.18. The van der Waals surface area contributed by atoms with Crippen molar-refractivity contribution >= 4 is 8.07 Å². The summed E-state index contributed by atoms with van der Waals surface area (Å²) in [5, 5.41) is 1.56. The minimum Gasteiger partial charge on any atom is -0.273 e. The molecule has 0 fully saturated rings. The van der Waals surface area contributed by atoms with E-state index < -0.39 is 8.07 Å². The number of benzene rings is 2. The molecule has 0 nitrogen and oxygen atoms in total. The maximum Gasteiger partial charge on any atom is 2.00 e. The van der Waals surface area contributed by atoms with Gasteiger partial charge in [0, 0.05) is 0 Å². The van der Waals surface area contributed by atoms with Gasteiger partial charge in [0.15, 0.2) is 0 Å². The number of hydrogen-bond acceptors (Lipinski definition) is 0. The third kappa shape index (κ3) is 4.31. The molecule has 2 aromatic carbocycles. The molecule has 0 saturated heterocycles. The Morgan fingerprint density at radius 2 is 1.70 bits per heavy atom. The number of allylic oxidation sites excluding steroid dienone is 4. The van der Waals surface area contributed by atoms with Crippen LogP contribution in [0.4, 0.5) is 0 Å². The van der Waals surface area contributed by atoms with Gasteiger partial charge in [-0.25, -0.2) is 11.3 Å². The summed E-state index contributed by atoms with van der Waals surface area (Å²) in [5.41, 5.74) is 5.51. The Hall–Kier alpha value is -0.980. The molecule has 0 N–H and O–H groups in total. The predicted molar refractivity (Wildman–Crippen MR) is 97.4 cm³/mol. The molecule has 114 valence electrons. The molecule has 2 aliphatic carbocycles. The van der Waals surface area contributed by atoms with Crippen molar-refractivity contribution in [2.75, 3.05) is 0 Å². The SMILES string of the molecule is C[Si](C)(C)C1=CC[C-]=C1.[Zr+2].[c-]1cccc2c1Cc1ccccc1-2. The zero-order valence-electron chi connectivity index (χ0n) is 14.1. The van der Waals surface area contributed by atoms with Crippen molar-refractivity contribution in [3.63, 3.8) is 0 Å². The molecule has 2 aliphatic rings. The van der Waals surface area contributed by atoms with Crippen LogP contribution in [0.2, 0.25) is 19.6 Å². The Morgan fingerprint density at radius 1 is 0.957 bits per heavy atom. The maximum absolute atomic E-state index is 3.30. The summed E-state index contributed by atoms with van der Waals surface area (Å²) in [6, 6.07) is 18.1. The topological polar surface area (TPSA) is 0 Å². The van der Waals surface area contributed by atoms with Crippen LogP contribution in [-0.4, -0.2) is 8.07 Å². The Kier molecular flexibility index (Phi) is 6.17. The fourth-order valence-electron chi connectivity index (χ4n) is 2.92. The summed E-state index contributed by atoms with van der Waals surface area (Å²) in [6.07, 6.45) is 9.74. The van der Waals surface area contributed by atoms with E-state index in [1.54, 1.807) is 5.20 Å². The van der Waals surface area contributed by atoms with Gasteiger partial charge in [0.25, 0.3) is 0 Å². The van der Waals surface area contributed by atoms with Crippen molar-refractivity contribution in [3.8, 4) is 11.1 Å². The van der Waals surface area contributed by atoms with Gasteiger partial charge in [0.05, 0.1) is 0 Å². The van der Waals surface area contributed by atoms with Crippen molar-refractivity contribution < 1.29 is 26.2 Å². The molecular formula is C21H22SiZr. The number of hydrogen-bond donors (Lipinski definition) is 0. The van der Waals surface area contributed by atoms with Crippen LogP contribution in [0, 0.1) is 12.1 Å². The van der Waals surface area contributed by atoms with Gasteiger partial charge in [-0.2, -0.15) is 35.9 Å². The average molecular weight is 394 g/mol. The van der Waals surface area contributed by atoms with Crippen molar-refractivity contribution in [3.05, 3.63) is 83.1 Å². The van der Waals surface area contributed by atoms with Gasteiger partial charge in [0.1, 0.15) is 0 Å². The predicted octanol–water partition coefficient (Wildman–Crippen LogP) is 5.61. The van der Waals surface area contributed by atoms with Crippen molar-refractivity contribution in [2.24, 2.45) is 0 Å². The Balaban J connectivity index is 0.000000171. The molecule has 0 amide bonds. The number of fused-ring (bicyclic) bond motifs is 3. The van der Waals surface area contributed by atoms with E-state index in [2.05, 4.69) is 80.3 Å². The molecule has 0 radical (unpaired) electrons. The van der Waals surface area contributed by atoms with Gasteiger partial charge in [-0.1, -0.05) is 55.0 Å². The van der Waals surface area contributed by atoms with Crippen LogP contribution in [0.1, 0.15) is 17.5 Å². The summed E-state index contributed by atoms with van der Waals surface area (Å²) in [7, 11) is -0.981. The van der Waals surface area contributed by atoms with Crippen LogP contribution in [0.15, 0.2) is 59.8 Å². The molecule has 0 saturated carbocycles. The molecule has 0 atom stereocenters. The number of rotatable bonds is 1. The van der Waals surface area contributed by atoms with E-state index in [4.69, 9.17) is 0 Å². The summed E-state index contributed by atoms with van der Waals surface area (Å²) in [6.45, 7) is 7.09. The smallest absolute Gasteiger partial charge is 0.273 e. The summed E-state index contributed by atoms with van der Waals surface area (Å²) < 4.78 is 0. The Labute approximate surface area is 160 Å². The first kappa shape index (κ1) is 18.4. The van der Waals surface area contributed by atoms with E-state index in [-0.39, 0.29) is 26.2 Å². The molecule has 0 unspecified atom stereocenters. The second kappa shape index (κ2) is 7.73. The second-order valence-corrected chi connectivity index (χ2v) is 11.9. The fraction of sp³-hybridized carbons (Fsp3) is 0.238. The third-order valence-corrected chi connectivity index (χ3v) is 6.26. The molecule has 0 aliphatic heterocycles. The first-order chi connectivity index (χ1) is 10.6. The van der Waals surface area contributed by atoms with Gasteiger partial charge in [-0.15, -0.1) is 12.0 Å². The zero-order chi connectivity index (χ0) is 15.6. The summed E-state index contributed by atoms with van der Waals surface area (Å²) in [4.78, 5) is 0. The van der Waals surface area contributed by atoms with Crippen LogP contribution >= 0.6 is 0 Å². The molecule has 0 heterocycles. The molecule has 0 bridgehead atoms. The maximum atomic E-state index is 3.30. The van der Waals surface area contributed by atoms with Gasteiger partial charge in [-0.05, 0) is 14.5 Å². The fourth-order valence-corrected chi connectivity index (χ4v) is 4.17. The van der Waals surface area contributed by atoms with Gasteiger partial charge in [0.2, 0.25) is 0 Å². The van der Waals surface area contributed by atoms with Gasteiger partial charge >= 0.3 is 26.2 Å². The first-order valence-electron chi connectivity index (χ1n) is 7.91. The Morgan fingerprint density at radius 3 is 2.35 bits per heavy atom. The largest absolute Gasteiger partial charge is 2.00 e. The van der Waals surface area contributed by atoms with E-state index >= 15 is 0 Å². The minimum atomic E-state index is -0.981. The van der Waals surface area contributed by atoms with E-state index in [0.29, 0.717) is 0 Å². The van der Waals surface area contributed by atoms with Crippen molar-refractivity contribution in [2.45, 2.75) is 32.5 Å². The second-order valence-electron chi connectivity index (χ2n) is 6.86. The van der Waals surface area contributed by atoms with E-state index in [1.807, 2.05) is 6.07 Å². The van der Waals surface area contributed by atoms with Crippen molar-refractivity contribution in [1.29, 1.82) is 0 Å². The molecular weight excluding hydrogens is 372 g/mol. The molecule has 23 heavy (non-hydrogen) atoms. The van der Waals surface area contributed by atoms with Gasteiger partial charge in [-0.3, -0.25) is 6.08 Å². The zero-order valence-corrected chi connectivity index (χ0v) is 17.6. The monoisotopic (exact) mass is 392 g/mol. The van der Waals surface area contributed by atoms with Crippen LogP contribution < -0.4 is 0 Å². The van der Waals surface area contributed by atoms with Gasteiger partial charge < -0.3 is 0 Å². The normalized spacial score (nSPS) is 14.1. The van der Waals surface area contributed by atoms with E-state index in [0.717, 1.165) is 12.8 Å². The minimum absolute atomic E-state index is 0. The summed E-state index contributed by atoms with van der Waals surface area (Å²) >= 11 is 0. The molecule has 0 aromatic heterocycles. The van der Waals surface area contributed by atoms with Crippen LogP contribution in [0.25, 0.3) is 11.1 Å². The quantitative estimate of drug-likeness (QED) is 0.372. The average Bonchev–Trinajstić information content (AvgIpc) is 3.15. The molecule has 2 aromatic rings. The molecule has 0 spiro atoms. The van der Waals surface area contributed by atoms with Crippen LogP contribution in [0.5, 0.6) is 0 Å². The van der Waals surface area contributed by atoms with E-state index in [9.17, 15) is 0 Å². The van der Waals surface area contributed by atoms with Crippen LogP contribution in [0.3, 0.4) is 0 Å². The molecule has 2 heteroatoms. The standard InChI is InChI=1S/C13H9.C8H13Si.Zr/c1-3-7-12-10(5-1)9-11-6-2-4-8-13(11)12;1-9(2,3)8-6-4-5-7-8;/h1-5,7-8H,9H2;6-7H,4H2,1-3H3;/q2*-1;+2. The van der Waals surface area contributed by atoms with E-state index in [1.165, 1.54) is 22.3 Å². The Bertz CT molecular complexity index is 692. The van der Waals surface area contributed by atoms with Crippen molar-refractivity contribution in [1.82, 2.24) is 0 Å². The first-order valence-corrected chi connectivity index (χ1v) is 11.4. The molecule has 4 rings (SSSR count). The van der Waals surface area contributed by atoms with Crippen LogP contribution in [-0.2, 0) is 32.6 Å².